The fourth-order valence-electron chi connectivity index (χ4n) is 2.30. The molecule has 0 fully saturated rings. The average molecular weight is 286 g/mol. The van der Waals surface area contributed by atoms with Crippen LogP contribution in [0.4, 0.5) is 0 Å². The maximum atomic E-state index is 5.91. The smallest absolute Gasteiger partial charge is 0.134 e. The third-order valence-electron chi connectivity index (χ3n) is 3.53. The number of nitrogens with one attached hydrogen (secondary N) is 1. The highest BCUT2D eigenvalue weighted by Crippen LogP contribution is 2.22. The molecule has 0 radical (unpaired) electrons. The SMILES string of the molecule is C[C@H](NCc1coc2ccccc12)c1ccc(Cl)cc1. The first kappa shape index (κ1) is 13.2. The van der Waals surface area contributed by atoms with Gasteiger partial charge in [-0.15, -0.1) is 0 Å². The number of hydrogen-bond acceptors (Lipinski definition) is 2. The third kappa shape index (κ3) is 2.72. The number of furan rings is 1. The molecule has 1 heterocycles. The van der Waals surface area contributed by atoms with Gasteiger partial charge >= 0.3 is 0 Å². The van der Waals surface area contributed by atoms with E-state index in [1.54, 1.807) is 0 Å². The van der Waals surface area contributed by atoms with Gasteiger partial charge in [0.2, 0.25) is 0 Å². The number of halogens is 1. The van der Waals surface area contributed by atoms with Crippen LogP contribution >= 0.6 is 11.6 Å². The Hall–Kier alpha value is -1.77. The Morgan fingerprint density at radius 3 is 2.65 bits per heavy atom. The number of benzene rings is 2. The van der Waals surface area contributed by atoms with Gasteiger partial charge in [-0.25, -0.2) is 0 Å². The van der Waals surface area contributed by atoms with Crippen LogP contribution in [0.25, 0.3) is 11.0 Å². The molecule has 2 aromatic carbocycles. The van der Waals surface area contributed by atoms with Crippen LogP contribution in [0.15, 0.2) is 59.2 Å². The van der Waals surface area contributed by atoms with Gasteiger partial charge in [0.15, 0.2) is 0 Å². The Morgan fingerprint density at radius 1 is 1.10 bits per heavy atom. The van der Waals surface area contributed by atoms with Crippen molar-refractivity contribution in [3.05, 3.63) is 70.9 Å². The summed E-state index contributed by atoms with van der Waals surface area (Å²) in [7, 11) is 0. The van der Waals surface area contributed by atoms with Crippen molar-refractivity contribution < 1.29 is 4.42 Å². The van der Waals surface area contributed by atoms with Crippen molar-refractivity contribution in [3.8, 4) is 0 Å². The van der Waals surface area contributed by atoms with Gasteiger partial charge in [-0.3, -0.25) is 0 Å². The third-order valence-corrected chi connectivity index (χ3v) is 3.78. The molecule has 0 spiro atoms. The van der Waals surface area contributed by atoms with Crippen molar-refractivity contribution in [1.82, 2.24) is 5.32 Å². The normalized spacial score (nSPS) is 12.7. The maximum absolute atomic E-state index is 5.91. The second kappa shape index (κ2) is 5.70. The van der Waals surface area contributed by atoms with Crippen LogP contribution in [-0.4, -0.2) is 0 Å². The standard InChI is InChI=1S/C17H16ClNO/c1-12(13-6-8-15(18)9-7-13)19-10-14-11-20-17-5-3-2-4-16(14)17/h2-9,11-12,19H,10H2,1H3/t12-/m0/s1. The lowest BCUT2D eigenvalue weighted by atomic mass is 10.1. The Bertz CT molecular complexity index is 702. The molecule has 0 bridgehead atoms. The van der Waals surface area contributed by atoms with Crippen molar-refractivity contribution in [3.63, 3.8) is 0 Å². The van der Waals surface area contributed by atoms with E-state index in [-0.39, 0.29) is 6.04 Å². The summed E-state index contributed by atoms with van der Waals surface area (Å²) in [5, 5.41) is 5.45. The predicted octanol–water partition coefficient (Wildman–Crippen LogP) is 4.94. The first-order chi connectivity index (χ1) is 9.74. The van der Waals surface area contributed by atoms with E-state index in [1.807, 2.05) is 48.7 Å². The lowest BCUT2D eigenvalue weighted by Gasteiger charge is -2.13. The van der Waals surface area contributed by atoms with Crippen molar-refractivity contribution >= 4 is 22.6 Å². The zero-order valence-corrected chi connectivity index (χ0v) is 12.0. The molecule has 102 valence electrons. The van der Waals surface area contributed by atoms with Crippen molar-refractivity contribution in [1.29, 1.82) is 0 Å². The van der Waals surface area contributed by atoms with Gasteiger partial charge in [-0.05, 0) is 30.7 Å². The lowest BCUT2D eigenvalue weighted by Crippen LogP contribution is -2.17. The van der Waals surface area contributed by atoms with E-state index in [9.17, 15) is 0 Å². The monoisotopic (exact) mass is 285 g/mol. The first-order valence-electron chi connectivity index (χ1n) is 6.68. The molecule has 0 unspecified atom stereocenters. The molecule has 3 aromatic rings. The van der Waals surface area contributed by atoms with Gasteiger partial charge in [0.25, 0.3) is 0 Å². The highest BCUT2D eigenvalue weighted by molar-refractivity contribution is 6.30. The van der Waals surface area contributed by atoms with Crippen LogP contribution in [0.1, 0.15) is 24.1 Å². The van der Waals surface area contributed by atoms with Gasteiger partial charge in [-0.2, -0.15) is 0 Å². The molecule has 0 aliphatic rings. The Labute approximate surface area is 123 Å². The quantitative estimate of drug-likeness (QED) is 0.735. The van der Waals surface area contributed by atoms with E-state index in [4.69, 9.17) is 16.0 Å². The molecule has 1 aromatic heterocycles. The van der Waals surface area contributed by atoms with Crippen LogP contribution in [0.2, 0.25) is 5.02 Å². The Balaban J connectivity index is 1.71. The lowest BCUT2D eigenvalue weighted by molar-refractivity contribution is 0.562. The van der Waals surface area contributed by atoms with Crippen molar-refractivity contribution in [2.24, 2.45) is 0 Å². The van der Waals surface area contributed by atoms with E-state index < -0.39 is 0 Å². The summed E-state index contributed by atoms with van der Waals surface area (Å²) in [6.07, 6.45) is 1.83. The van der Waals surface area contributed by atoms with Gasteiger partial charge in [0.1, 0.15) is 5.58 Å². The molecule has 3 heteroatoms. The Morgan fingerprint density at radius 2 is 1.85 bits per heavy atom. The molecular weight excluding hydrogens is 270 g/mol. The second-order valence-electron chi connectivity index (χ2n) is 4.91. The highest BCUT2D eigenvalue weighted by atomic mass is 35.5. The number of hydrogen-bond donors (Lipinski definition) is 1. The molecule has 0 aliphatic carbocycles. The molecule has 20 heavy (non-hydrogen) atoms. The first-order valence-corrected chi connectivity index (χ1v) is 7.06. The molecule has 0 saturated carbocycles. The van der Waals surface area contributed by atoms with E-state index in [0.29, 0.717) is 0 Å². The summed E-state index contributed by atoms with van der Waals surface area (Å²) in [6, 6.07) is 16.3. The van der Waals surface area contributed by atoms with Gasteiger partial charge in [0, 0.05) is 28.6 Å². The minimum atomic E-state index is 0.265. The summed E-state index contributed by atoms with van der Waals surface area (Å²) >= 11 is 5.91. The molecular formula is C17H16ClNO. The maximum Gasteiger partial charge on any atom is 0.134 e. The fourth-order valence-corrected chi connectivity index (χ4v) is 2.43. The van der Waals surface area contributed by atoms with E-state index in [1.165, 1.54) is 16.5 Å². The van der Waals surface area contributed by atoms with Crippen LogP contribution in [0, 0.1) is 0 Å². The van der Waals surface area contributed by atoms with E-state index in [0.717, 1.165) is 17.2 Å². The summed E-state index contributed by atoms with van der Waals surface area (Å²) < 4.78 is 5.55. The summed E-state index contributed by atoms with van der Waals surface area (Å²) in [4.78, 5) is 0. The Kier molecular flexibility index (Phi) is 3.77. The molecule has 2 nitrogen and oxygen atoms in total. The van der Waals surface area contributed by atoms with Gasteiger partial charge in [-0.1, -0.05) is 41.9 Å². The van der Waals surface area contributed by atoms with Crippen LogP contribution in [0.5, 0.6) is 0 Å². The number of fused-ring (bicyclic) bond motifs is 1. The van der Waals surface area contributed by atoms with Gasteiger partial charge in [0.05, 0.1) is 6.26 Å². The van der Waals surface area contributed by atoms with E-state index in [2.05, 4.69) is 18.3 Å². The summed E-state index contributed by atoms with van der Waals surface area (Å²) in [5.41, 5.74) is 3.34. The zero-order chi connectivity index (χ0) is 13.9. The molecule has 1 N–H and O–H groups in total. The molecule has 3 rings (SSSR count). The average Bonchev–Trinajstić information content (AvgIpc) is 2.89. The van der Waals surface area contributed by atoms with Crippen LogP contribution in [-0.2, 0) is 6.54 Å². The number of para-hydroxylation sites is 1. The largest absolute Gasteiger partial charge is 0.464 e. The fraction of sp³-hybridized carbons (Fsp3) is 0.176. The predicted molar refractivity (Wildman–Crippen MR) is 82.9 cm³/mol. The van der Waals surface area contributed by atoms with Gasteiger partial charge < -0.3 is 9.73 Å². The molecule has 0 aliphatic heterocycles. The summed E-state index contributed by atoms with van der Waals surface area (Å²) in [5.74, 6) is 0. The number of rotatable bonds is 4. The van der Waals surface area contributed by atoms with Crippen molar-refractivity contribution in [2.75, 3.05) is 0 Å². The minimum Gasteiger partial charge on any atom is -0.464 e. The van der Waals surface area contributed by atoms with Crippen LogP contribution in [0.3, 0.4) is 0 Å². The molecule has 0 saturated heterocycles. The van der Waals surface area contributed by atoms with Crippen LogP contribution < -0.4 is 5.32 Å². The van der Waals surface area contributed by atoms with E-state index >= 15 is 0 Å². The van der Waals surface area contributed by atoms with Crippen molar-refractivity contribution in [2.45, 2.75) is 19.5 Å². The molecule has 0 amide bonds. The topological polar surface area (TPSA) is 25.2 Å². The molecule has 1 atom stereocenters. The highest BCUT2D eigenvalue weighted by Gasteiger charge is 2.08. The minimum absolute atomic E-state index is 0.265. The zero-order valence-electron chi connectivity index (χ0n) is 11.3. The summed E-state index contributed by atoms with van der Waals surface area (Å²) in [6.45, 7) is 2.92. The second-order valence-corrected chi connectivity index (χ2v) is 5.35.